The zero-order valence-corrected chi connectivity index (χ0v) is 18.1. The molecule has 2 aromatic heterocycles. The van der Waals surface area contributed by atoms with E-state index in [2.05, 4.69) is 23.6 Å². The van der Waals surface area contributed by atoms with E-state index in [-0.39, 0.29) is 29.4 Å². The fourth-order valence-corrected chi connectivity index (χ4v) is 8.11. The van der Waals surface area contributed by atoms with Crippen LogP contribution in [0.4, 0.5) is 5.82 Å². The van der Waals surface area contributed by atoms with Gasteiger partial charge in [0.05, 0.1) is 18.5 Å². The molecule has 0 aromatic carbocycles. The van der Waals surface area contributed by atoms with E-state index in [9.17, 15) is 28.6 Å². The number of hydrogen-bond acceptors (Lipinski definition) is 12. The second kappa shape index (κ2) is 8.54. The van der Waals surface area contributed by atoms with Gasteiger partial charge in [0, 0.05) is 12.2 Å². The monoisotopic (exact) mass is 507 g/mol. The topological polar surface area (TPSA) is 250 Å². The average molecular weight is 507 g/mol. The number of rotatable bonds is 8. The van der Waals surface area contributed by atoms with E-state index in [1.807, 2.05) is 0 Å². The predicted octanol–water partition coefficient (Wildman–Crippen LogP) is 0.117. The van der Waals surface area contributed by atoms with Crippen LogP contribution in [0.5, 0.6) is 0 Å². The van der Waals surface area contributed by atoms with E-state index in [1.54, 1.807) is 0 Å². The van der Waals surface area contributed by atoms with Crippen LogP contribution in [0, 0.1) is 0 Å². The molecule has 16 nitrogen and oxygen atoms in total. The van der Waals surface area contributed by atoms with Crippen molar-refractivity contribution in [1.82, 2.24) is 19.5 Å². The maximum Gasteiger partial charge on any atom is 0.488 e. The molecule has 0 saturated carbocycles. The molecular weight excluding hydrogens is 491 g/mol. The van der Waals surface area contributed by atoms with Crippen molar-refractivity contribution in [1.29, 1.82) is 0 Å². The molecule has 1 aliphatic rings. The van der Waals surface area contributed by atoms with Crippen LogP contribution >= 0.6 is 33.8 Å². The van der Waals surface area contributed by atoms with Crippen LogP contribution in [0.2, 0.25) is 0 Å². The highest BCUT2D eigenvalue weighted by atomic mass is 32.7. The Kier molecular flexibility index (Phi) is 6.76. The van der Waals surface area contributed by atoms with Gasteiger partial charge in [0.1, 0.15) is 18.1 Å². The zero-order chi connectivity index (χ0) is 22.3. The minimum Gasteiger partial charge on any atom is -0.390 e. The highest BCUT2D eigenvalue weighted by Crippen LogP contribution is 2.70. The van der Waals surface area contributed by atoms with Crippen LogP contribution < -0.4 is 5.73 Å². The lowest BCUT2D eigenvalue weighted by Gasteiger charge is -2.18. The van der Waals surface area contributed by atoms with E-state index < -0.39 is 40.9 Å². The molecule has 3 heterocycles. The molecule has 2 unspecified atom stereocenters. The Bertz CT molecular complexity index is 1080. The molecule has 0 spiro atoms. The van der Waals surface area contributed by atoms with Crippen LogP contribution in [-0.2, 0) is 27.1 Å². The Labute approximate surface area is 171 Å². The van der Waals surface area contributed by atoms with Gasteiger partial charge in [0.15, 0.2) is 11.5 Å². The minimum absolute atomic E-state index is 0.0665. The Morgan fingerprint density at radius 2 is 1.90 bits per heavy atom. The number of aromatic nitrogens is 4. The summed E-state index contributed by atoms with van der Waals surface area (Å²) < 4.78 is 48.5. The minimum atomic E-state index is -5.53. The number of fused-ring (bicyclic) bond motifs is 1. The molecule has 20 heteroatoms. The molecule has 0 amide bonds. The summed E-state index contributed by atoms with van der Waals surface area (Å²) in [5.41, 5.74) is 6.38. The lowest BCUT2D eigenvalue weighted by molar-refractivity contribution is -0.00365. The summed E-state index contributed by atoms with van der Waals surface area (Å²) in [6.07, 6.45) is -0.166. The van der Waals surface area contributed by atoms with Gasteiger partial charge in [-0.2, -0.15) is 8.62 Å². The number of phosphoric acid groups is 2. The largest absolute Gasteiger partial charge is 0.488 e. The normalized spacial score (nSPS) is 26.5. The van der Waals surface area contributed by atoms with Gasteiger partial charge < -0.3 is 35.2 Å². The maximum absolute atomic E-state index is 11.9. The predicted molar refractivity (Wildman–Crippen MR) is 101 cm³/mol. The third kappa shape index (κ3) is 5.85. The number of aliphatic hydroxyl groups excluding tert-OH is 1. The fraction of sp³-hybridized carbons (Fsp3) is 0.500. The first-order valence-corrected chi connectivity index (χ1v) is 14.0. The molecule has 30 heavy (non-hydrogen) atoms. The second-order valence-corrected chi connectivity index (χ2v) is 12.8. The third-order valence-corrected chi connectivity index (χ3v) is 9.88. The van der Waals surface area contributed by atoms with Crippen LogP contribution in [0.25, 0.3) is 11.2 Å². The molecule has 1 saturated heterocycles. The van der Waals surface area contributed by atoms with Crippen LogP contribution in [0.1, 0.15) is 12.6 Å². The molecular formula is C10H16N5O11P3S. The second-order valence-electron chi connectivity index (χ2n) is 5.90. The van der Waals surface area contributed by atoms with Crippen molar-refractivity contribution in [3.05, 3.63) is 12.7 Å². The molecule has 1 fully saturated rings. The van der Waals surface area contributed by atoms with Crippen molar-refractivity contribution < 1.29 is 51.7 Å². The number of hydrogen-bond donors (Lipinski definition) is 6. The van der Waals surface area contributed by atoms with Gasteiger partial charge in [-0.3, -0.25) is 4.57 Å². The van der Waals surface area contributed by atoms with Gasteiger partial charge in [-0.25, -0.2) is 28.6 Å². The smallest absolute Gasteiger partial charge is 0.390 e. The van der Waals surface area contributed by atoms with Gasteiger partial charge in [-0.05, 0) is 11.4 Å². The van der Waals surface area contributed by atoms with Gasteiger partial charge in [0.2, 0.25) is 0 Å². The maximum atomic E-state index is 11.9. The first kappa shape index (κ1) is 23.7. The highest BCUT2D eigenvalue weighted by Gasteiger charge is 2.42. The molecule has 1 aliphatic heterocycles. The summed E-state index contributed by atoms with van der Waals surface area (Å²) in [6, 6.07) is 0. The molecule has 168 valence electrons. The average Bonchev–Trinajstić information content (AvgIpc) is 3.14. The Balaban J connectivity index is 1.64. The van der Waals surface area contributed by atoms with Crippen molar-refractivity contribution in [3.63, 3.8) is 0 Å². The molecule has 7 N–H and O–H groups in total. The summed E-state index contributed by atoms with van der Waals surface area (Å²) >= 11 is 0.106. The molecule has 0 aliphatic carbocycles. The SMILES string of the molecule is Nc1ncnc2c1ncn2[C@H]1C[C@H](O)[C@@H](CSP(=O)(O)OP(=O)(O)OP(=O)(O)O)O1. The van der Waals surface area contributed by atoms with E-state index in [4.69, 9.17) is 20.3 Å². The number of nitrogen functional groups attached to an aromatic ring is 1. The number of aliphatic hydroxyl groups is 1. The first-order chi connectivity index (χ1) is 13.8. The number of nitrogens with zero attached hydrogens (tertiary/aromatic N) is 4. The van der Waals surface area contributed by atoms with E-state index in [0.29, 0.717) is 11.2 Å². The quantitative estimate of drug-likeness (QED) is 0.259. The molecule has 2 aromatic rings. The van der Waals surface area contributed by atoms with E-state index >= 15 is 0 Å². The van der Waals surface area contributed by atoms with Gasteiger partial charge in [-0.1, -0.05) is 0 Å². The molecule has 3 rings (SSSR count). The number of imidazole rings is 1. The van der Waals surface area contributed by atoms with Gasteiger partial charge >= 0.3 is 22.4 Å². The standard InChI is InChI=1S/C10H16N5O11P3S/c11-9-8-10(13-3-12-9)15(4-14-8)7-1-5(16)6(24-7)2-30-29(22,23)26-28(20,21)25-27(17,18)19/h3-7,16H,1-2H2,(H,20,21)(H,22,23)(H2,11,12,13)(H2,17,18,19)/t5-,6+,7+/m0/s1. The van der Waals surface area contributed by atoms with Crippen molar-refractivity contribution >= 4 is 50.8 Å². The zero-order valence-electron chi connectivity index (χ0n) is 14.6. The Morgan fingerprint density at radius 3 is 2.57 bits per heavy atom. The van der Waals surface area contributed by atoms with Crippen LogP contribution in [0.3, 0.4) is 0 Å². The van der Waals surface area contributed by atoms with Crippen LogP contribution in [0.15, 0.2) is 12.7 Å². The van der Waals surface area contributed by atoms with Crippen LogP contribution in [-0.4, -0.2) is 62.2 Å². The van der Waals surface area contributed by atoms with Crippen molar-refractivity contribution in [2.75, 3.05) is 11.5 Å². The Hall–Kier alpha value is -0.930. The Morgan fingerprint density at radius 1 is 1.20 bits per heavy atom. The number of anilines is 1. The lowest BCUT2D eigenvalue weighted by atomic mass is 10.2. The first-order valence-electron chi connectivity index (χ1n) is 7.81. The molecule has 0 radical (unpaired) electrons. The summed E-state index contributed by atoms with van der Waals surface area (Å²) in [5, 5.41) is 10.2. The van der Waals surface area contributed by atoms with E-state index in [0.717, 1.165) is 0 Å². The van der Waals surface area contributed by atoms with Crippen molar-refractivity contribution in [2.45, 2.75) is 24.9 Å². The molecule has 0 bridgehead atoms. The molecule has 5 atom stereocenters. The summed E-state index contributed by atoms with van der Waals surface area (Å²) in [5.74, 6) is -0.223. The fourth-order valence-electron chi connectivity index (χ4n) is 2.59. The summed E-state index contributed by atoms with van der Waals surface area (Å²) in [7, 11) is -11.0. The van der Waals surface area contributed by atoms with Crippen molar-refractivity contribution in [2.24, 2.45) is 0 Å². The number of nitrogens with two attached hydrogens (primary N) is 1. The summed E-state index contributed by atoms with van der Waals surface area (Å²) in [6.45, 7) is -4.92. The van der Waals surface area contributed by atoms with Gasteiger partial charge in [0.25, 0.3) is 0 Å². The third-order valence-electron chi connectivity index (χ3n) is 3.72. The van der Waals surface area contributed by atoms with Crippen molar-refractivity contribution in [3.8, 4) is 0 Å². The highest BCUT2D eigenvalue weighted by molar-refractivity contribution is 8.55. The van der Waals surface area contributed by atoms with E-state index in [1.165, 1.54) is 17.2 Å². The number of ether oxygens (including phenoxy) is 1. The van der Waals surface area contributed by atoms with Gasteiger partial charge in [-0.15, -0.1) is 0 Å². The lowest BCUT2D eigenvalue weighted by Crippen LogP contribution is -2.23. The summed E-state index contributed by atoms with van der Waals surface area (Å²) in [4.78, 5) is 47.8.